The highest BCUT2D eigenvalue weighted by molar-refractivity contribution is 7.89. The summed E-state index contributed by atoms with van der Waals surface area (Å²) >= 11 is 0. The number of rotatable bonds is 7. The van der Waals surface area contributed by atoms with Crippen LogP contribution in [0.3, 0.4) is 0 Å². The molecule has 2 aromatic carbocycles. The van der Waals surface area contributed by atoms with Crippen molar-refractivity contribution in [2.45, 2.75) is 87.1 Å². The van der Waals surface area contributed by atoms with Gasteiger partial charge in [0.15, 0.2) is 0 Å². The molecule has 0 bridgehead atoms. The van der Waals surface area contributed by atoms with E-state index in [9.17, 15) is 16.8 Å². The van der Waals surface area contributed by atoms with Gasteiger partial charge in [0.1, 0.15) is 0 Å². The molecule has 0 aliphatic heterocycles. The molecule has 0 heterocycles. The third kappa shape index (κ3) is 5.90. The lowest BCUT2D eigenvalue weighted by atomic mass is 9.87. The van der Waals surface area contributed by atoms with Gasteiger partial charge >= 0.3 is 0 Å². The summed E-state index contributed by atoms with van der Waals surface area (Å²) in [5, 5.41) is 0. The molecule has 0 unspecified atom stereocenters. The zero-order valence-corrected chi connectivity index (χ0v) is 21.7. The van der Waals surface area contributed by atoms with E-state index < -0.39 is 20.0 Å². The molecule has 4 atom stereocenters. The average Bonchev–Trinajstić information content (AvgIpc) is 2.82. The van der Waals surface area contributed by atoms with Crippen LogP contribution in [0.1, 0.15) is 65.2 Å². The van der Waals surface area contributed by atoms with E-state index in [1.54, 1.807) is 48.5 Å². The van der Waals surface area contributed by atoms with Crippen molar-refractivity contribution < 1.29 is 16.8 Å². The maximum absolute atomic E-state index is 12.9. The predicted molar refractivity (Wildman–Crippen MR) is 135 cm³/mol. The summed E-state index contributed by atoms with van der Waals surface area (Å²) in [6, 6.07) is 13.5. The Bertz CT molecular complexity index is 1080. The zero-order valence-electron chi connectivity index (χ0n) is 20.0. The molecule has 2 aromatic rings. The normalized spacial score (nSPS) is 26.3. The Labute approximate surface area is 204 Å². The molecule has 2 saturated carbocycles. The number of hydrogen-bond acceptors (Lipinski definition) is 4. The molecule has 0 spiro atoms. The van der Waals surface area contributed by atoms with E-state index in [-0.39, 0.29) is 21.9 Å². The van der Waals surface area contributed by atoms with Crippen molar-refractivity contribution in [2.75, 3.05) is 0 Å². The highest BCUT2D eigenvalue weighted by Crippen LogP contribution is 2.28. The summed E-state index contributed by atoms with van der Waals surface area (Å²) in [5.41, 5.74) is 1.67. The second-order valence-electron chi connectivity index (χ2n) is 10.0. The van der Waals surface area contributed by atoms with Gasteiger partial charge in [-0.15, -0.1) is 0 Å². The molecule has 0 radical (unpaired) electrons. The monoisotopic (exact) mass is 504 g/mol. The molecule has 0 amide bonds. The van der Waals surface area contributed by atoms with Gasteiger partial charge in [0.25, 0.3) is 0 Å². The van der Waals surface area contributed by atoms with Crippen LogP contribution in [-0.4, -0.2) is 28.9 Å². The number of benzene rings is 2. The van der Waals surface area contributed by atoms with E-state index >= 15 is 0 Å². The summed E-state index contributed by atoms with van der Waals surface area (Å²) < 4.78 is 57.2. The second-order valence-corrected chi connectivity index (χ2v) is 13.5. The summed E-state index contributed by atoms with van der Waals surface area (Å²) in [5.74, 6) is 0.682. The van der Waals surface area contributed by atoms with E-state index in [0.29, 0.717) is 11.8 Å². The Hall–Kier alpha value is -1.74. The van der Waals surface area contributed by atoms with Crippen LogP contribution in [0.25, 0.3) is 11.1 Å². The van der Waals surface area contributed by atoms with Crippen molar-refractivity contribution in [1.82, 2.24) is 9.44 Å². The molecule has 0 aromatic heterocycles. The fourth-order valence-electron chi connectivity index (χ4n) is 5.17. The smallest absolute Gasteiger partial charge is 0.208 e. The van der Waals surface area contributed by atoms with E-state index in [1.807, 2.05) is 0 Å². The topological polar surface area (TPSA) is 92.3 Å². The van der Waals surface area contributed by atoms with Crippen molar-refractivity contribution in [3.05, 3.63) is 48.5 Å². The van der Waals surface area contributed by atoms with Crippen molar-refractivity contribution in [3.8, 4) is 11.1 Å². The molecule has 2 aliphatic carbocycles. The minimum atomic E-state index is -3.57. The van der Waals surface area contributed by atoms with Crippen LogP contribution in [0.4, 0.5) is 0 Å². The Balaban J connectivity index is 1.44. The summed E-state index contributed by atoms with van der Waals surface area (Å²) in [4.78, 5) is 0.498. The van der Waals surface area contributed by atoms with Crippen molar-refractivity contribution in [3.63, 3.8) is 0 Å². The van der Waals surface area contributed by atoms with Gasteiger partial charge in [-0.2, -0.15) is 0 Å². The molecule has 2 N–H and O–H groups in total. The molecular weight excluding hydrogens is 468 g/mol. The first-order chi connectivity index (χ1) is 16.2. The second kappa shape index (κ2) is 10.5. The zero-order chi connectivity index (χ0) is 24.3. The van der Waals surface area contributed by atoms with Crippen molar-refractivity contribution >= 4 is 20.0 Å². The van der Waals surface area contributed by atoms with E-state index in [2.05, 4.69) is 23.3 Å². The largest absolute Gasteiger partial charge is 0.240 e. The maximum Gasteiger partial charge on any atom is 0.240 e. The van der Waals surface area contributed by atoms with Crippen LogP contribution >= 0.6 is 0 Å². The van der Waals surface area contributed by atoms with Crippen LogP contribution < -0.4 is 9.44 Å². The molecule has 2 fully saturated rings. The first kappa shape index (κ1) is 25.4. The molecule has 2 aliphatic rings. The van der Waals surface area contributed by atoms with Crippen LogP contribution in [0.2, 0.25) is 0 Å². The van der Waals surface area contributed by atoms with Gasteiger partial charge in [-0.25, -0.2) is 26.3 Å². The van der Waals surface area contributed by atoms with Crippen molar-refractivity contribution in [2.24, 2.45) is 11.8 Å². The number of nitrogens with one attached hydrogen (secondary N) is 2. The van der Waals surface area contributed by atoms with E-state index in [1.165, 1.54) is 0 Å². The third-order valence-electron chi connectivity index (χ3n) is 7.50. The fourth-order valence-corrected chi connectivity index (χ4v) is 7.93. The van der Waals surface area contributed by atoms with Gasteiger partial charge < -0.3 is 0 Å². The molecule has 8 heteroatoms. The van der Waals surface area contributed by atoms with Gasteiger partial charge in [-0.1, -0.05) is 63.8 Å². The molecule has 0 saturated heterocycles. The maximum atomic E-state index is 12.9. The van der Waals surface area contributed by atoms with E-state index in [0.717, 1.165) is 62.5 Å². The Morgan fingerprint density at radius 1 is 0.559 bits per heavy atom. The first-order valence-corrected chi connectivity index (χ1v) is 15.4. The van der Waals surface area contributed by atoms with Gasteiger partial charge in [-0.05, 0) is 72.9 Å². The number of hydrogen-bond donors (Lipinski definition) is 2. The first-order valence-electron chi connectivity index (χ1n) is 12.4. The Morgan fingerprint density at radius 2 is 0.882 bits per heavy atom. The van der Waals surface area contributed by atoms with E-state index in [4.69, 9.17) is 0 Å². The van der Waals surface area contributed by atoms with Crippen LogP contribution in [0, 0.1) is 11.8 Å². The Kier molecular flexibility index (Phi) is 7.82. The lowest BCUT2D eigenvalue weighted by Gasteiger charge is -2.29. The molecule has 34 heavy (non-hydrogen) atoms. The van der Waals surface area contributed by atoms with Crippen molar-refractivity contribution in [1.29, 1.82) is 0 Å². The summed E-state index contributed by atoms with van der Waals surface area (Å²) in [7, 11) is -7.15. The van der Waals surface area contributed by atoms with Gasteiger partial charge in [0, 0.05) is 12.1 Å². The van der Waals surface area contributed by atoms with Crippen LogP contribution in [0.5, 0.6) is 0 Å². The quantitative estimate of drug-likeness (QED) is 0.551. The fraction of sp³-hybridized carbons (Fsp3) is 0.538. The molecule has 4 rings (SSSR count). The van der Waals surface area contributed by atoms with Crippen LogP contribution in [-0.2, 0) is 20.0 Å². The number of sulfonamides is 2. The standard InChI is InChI=1S/C26H36N2O4S2/c1-19-7-3-5-9-25(19)27-33(29,30)23-15-11-21(12-16-23)22-13-17-24(18-14-22)34(31,32)28-26-10-6-4-8-20(26)2/h11-20,25-28H,3-10H2,1-2H3/t19-,20+,25-,26-/m1/s1. The SMILES string of the molecule is C[C@@H]1CCCC[C@H]1NS(=O)(=O)c1ccc(-c2ccc(S(=O)(=O)N[C@@H]3CCCC[C@@H]3C)cc2)cc1. The average molecular weight is 505 g/mol. The summed E-state index contributed by atoms with van der Waals surface area (Å²) in [6.45, 7) is 4.20. The molecule has 186 valence electrons. The molecule has 6 nitrogen and oxygen atoms in total. The molecular formula is C26H36N2O4S2. The minimum absolute atomic E-state index is 0.0156. The van der Waals surface area contributed by atoms with Gasteiger partial charge in [0.2, 0.25) is 20.0 Å². The van der Waals surface area contributed by atoms with Gasteiger partial charge in [0.05, 0.1) is 9.79 Å². The highest BCUT2D eigenvalue weighted by atomic mass is 32.2. The minimum Gasteiger partial charge on any atom is -0.208 e. The third-order valence-corrected chi connectivity index (χ3v) is 10.5. The Morgan fingerprint density at radius 3 is 1.21 bits per heavy atom. The highest BCUT2D eigenvalue weighted by Gasteiger charge is 2.28. The van der Waals surface area contributed by atoms with Gasteiger partial charge in [-0.3, -0.25) is 0 Å². The lowest BCUT2D eigenvalue weighted by molar-refractivity contribution is 0.310. The predicted octanol–water partition coefficient (Wildman–Crippen LogP) is 5.07. The van der Waals surface area contributed by atoms with Crippen LogP contribution in [0.15, 0.2) is 58.3 Å². The summed E-state index contributed by atoms with van der Waals surface area (Å²) in [6.07, 6.45) is 8.27. The lowest BCUT2D eigenvalue weighted by Crippen LogP contribution is -2.40.